The summed E-state index contributed by atoms with van der Waals surface area (Å²) >= 11 is 0. The summed E-state index contributed by atoms with van der Waals surface area (Å²) in [7, 11) is 0. The molecule has 0 saturated carbocycles. The van der Waals surface area contributed by atoms with E-state index in [9.17, 15) is 0 Å². The van der Waals surface area contributed by atoms with Crippen LogP contribution in [0.25, 0.3) is 10.9 Å². The van der Waals surface area contributed by atoms with E-state index in [1.54, 1.807) is 0 Å². The Morgan fingerprint density at radius 3 is 2.53 bits per heavy atom. The molecule has 0 fully saturated rings. The van der Waals surface area contributed by atoms with E-state index in [0.29, 0.717) is 12.5 Å². The van der Waals surface area contributed by atoms with Crippen LogP contribution in [0.15, 0.2) is 18.2 Å². The molecule has 0 aliphatic heterocycles. The summed E-state index contributed by atoms with van der Waals surface area (Å²) in [5, 5.41) is 1.22. The maximum Gasteiger partial charge on any atom is 0.0737 e. The Labute approximate surface area is 103 Å². The van der Waals surface area contributed by atoms with E-state index in [1.807, 2.05) is 0 Å². The topological polar surface area (TPSA) is 38.9 Å². The normalized spacial score (nSPS) is 13.0. The second-order valence-corrected chi connectivity index (χ2v) is 4.91. The van der Waals surface area contributed by atoms with Crippen molar-refractivity contribution in [3.8, 4) is 0 Å². The second-order valence-electron chi connectivity index (χ2n) is 4.91. The van der Waals surface area contributed by atoms with Crippen LogP contribution >= 0.6 is 0 Å². The van der Waals surface area contributed by atoms with Crippen molar-refractivity contribution in [2.45, 2.75) is 33.6 Å². The second kappa shape index (κ2) is 4.46. The minimum atomic E-state index is 0.319. The lowest BCUT2D eigenvalue weighted by atomic mass is 9.98. The fraction of sp³-hybridized carbons (Fsp3) is 0.400. The van der Waals surface area contributed by atoms with E-state index >= 15 is 0 Å². The van der Waals surface area contributed by atoms with Gasteiger partial charge in [-0.15, -0.1) is 0 Å². The quantitative estimate of drug-likeness (QED) is 0.857. The first-order chi connectivity index (χ1) is 8.04. The molecule has 2 aromatic rings. The lowest BCUT2D eigenvalue weighted by Crippen LogP contribution is -2.12. The highest BCUT2D eigenvalue weighted by atomic mass is 14.7. The third-order valence-electron chi connectivity index (χ3n) is 3.56. The van der Waals surface area contributed by atoms with Gasteiger partial charge in [-0.1, -0.05) is 19.1 Å². The van der Waals surface area contributed by atoms with Crippen molar-refractivity contribution in [2.75, 3.05) is 6.54 Å². The number of hydrogen-bond acceptors (Lipinski definition) is 2. The molecule has 1 unspecified atom stereocenters. The molecule has 2 nitrogen and oxygen atoms in total. The molecule has 0 amide bonds. The Balaban J connectivity index is 2.73. The summed E-state index contributed by atoms with van der Waals surface area (Å²) in [6, 6.07) is 6.52. The summed E-state index contributed by atoms with van der Waals surface area (Å²) < 4.78 is 0. The summed E-state index contributed by atoms with van der Waals surface area (Å²) in [4.78, 5) is 4.83. The van der Waals surface area contributed by atoms with Gasteiger partial charge in [-0.2, -0.15) is 0 Å². The molecule has 1 aromatic carbocycles. The Bertz CT molecular complexity index is 558. The Morgan fingerprint density at radius 1 is 1.18 bits per heavy atom. The number of aromatic nitrogens is 1. The maximum absolute atomic E-state index is 5.74. The molecule has 0 aliphatic rings. The van der Waals surface area contributed by atoms with Gasteiger partial charge in [0.05, 0.1) is 5.52 Å². The molecule has 2 N–H and O–H groups in total. The summed E-state index contributed by atoms with van der Waals surface area (Å²) in [5.74, 6) is 0.319. The first kappa shape index (κ1) is 12.1. The minimum Gasteiger partial charge on any atom is -0.330 e. The van der Waals surface area contributed by atoms with E-state index < -0.39 is 0 Å². The molecule has 17 heavy (non-hydrogen) atoms. The van der Waals surface area contributed by atoms with Crippen molar-refractivity contribution < 1.29 is 0 Å². The zero-order valence-electron chi connectivity index (χ0n) is 11.0. The highest BCUT2D eigenvalue weighted by Gasteiger charge is 2.11. The van der Waals surface area contributed by atoms with E-state index in [2.05, 4.69) is 45.9 Å². The smallest absolute Gasteiger partial charge is 0.0737 e. The van der Waals surface area contributed by atoms with Crippen LogP contribution in [-0.4, -0.2) is 11.5 Å². The standard InChI is InChI=1S/C15H20N2/c1-9-5-6-13-7-10(2)14(11(3)8-16)17-15(13)12(9)4/h5-7,11H,8,16H2,1-4H3. The number of hydrogen-bond donors (Lipinski definition) is 1. The number of fused-ring (bicyclic) bond motifs is 1. The van der Waals surface area contributed by atoms with Crippen LogP contribution < -0.4 is 5.73 Å². The predicted octanol–water partition coefficient (Wildman–Crippen LogP) is 3.22. The van der Waals surface area contributed by atoms with Crippen LogP contribution in [0, 0.1) is 20.8 Å². The summed E-state index contributed by atoms with van der Waals surface area (Å²) in [6.07, 6.45) is 0. The first-order valence-electron chi connectivity index (χ1n) is 6.12. The average molecular weight is 228 g/mol. The van der Waals surface area contributed by atoms with Gasteiger partial charge in [0.1, 0.15) is 0 Å². The van der Waals surface area contributed by atoms with Crippen LogP contribution in [0.1, 0.15) is 35.2 Å². The third kappa shape index (κ3) is 2.05. The summed E-state index contributed by atoms with van der Waals surface area (Å²) in [5.41, 5.74) is 11.8. The maximum atomic E-state index is 5.74. The fourth-order valence-corrected chi connectivity index (χ4v) is 2.21. The number of aryl methyl sites for hydroxylation is 3. The molecule has 0 bridgehead atoms. The largest absolute Gasteiger partial charge is 0.330 e. The van der Waals surface area contributed by atoms with Gasteiger partial charge >= 0.3 is 0 Å². The SMILES string of the molecule is Cc1cc2ccc(C)c(C)c2nc1C(C)CN. The Hall–Kier alpha value is -1.41. The highest BCUT2D eigenvalue weighted by Crippen LogP contribution is 2.25. The number of nitrogens with two attached hydrogens (primary N) is 1. The van der Waals surface area contributed by atoms with Crippen molar-refractivity contribution >= 4 is 10.9 Å². The first-order valence-corrected chi connectivity index (χ1v) is 6.12. The van der Waals surface area contributed by atoms with Gasteiger partial charge in [-0.05, 0) is 43.5 Å². The molecule has 1 atom stereocenters. The lowest BCUT2D eigenvalue weighted by Gasteiger charge is -2.14. The van der Waals surface area contributed by atoms with Gasteiger partial charge in [0, 0.05) is 23.5 Å². The van der Waals surface area contributed by atoms with Gasteiger partial charge in [-0.3, -0.25) is 4.98 Å². The Morgan fingerprint density at radius 2 is 1.88 bits per heavy atom. The van der Waals surface area contributed by atoms with Crippen LogP contribution in [0.5, 0.6) is 0 Å². The minimum absolute atomic E-state index is 0.319. The molecule has 0 spiro atoms. The molecular formula is C15H20N2. The van der Waals surface area contributed by atoms with Gasteiger partial charge in [0.25, 0.3) is 0 Å². The van der Waals surface area contributed by atoms with E-state index in [0.717, 1.165) is 11.2 Å². The van der Waals surface area contributed by atoms with Crippen molar-refractivity contribution in [3.05, 3.63) is 40.6 Å². The van der Waals surface area contributed by atoms with Crippen molar-refractivity contribution in [1.82, 2.24) is 4.98 Å². The van der Waals surface area contributed by atoms with Gasteiger partial charge in [0.2, 0.25) is 0 Å². The van der Waals surface area contributed by atoms with Crippen LogP contribution in [-0.2, 0) is 0 Å². The van der Waals surface area contributed by atoms with Crippen LogP contribution in [0.4, 0.5) is 0 Å². The number of pyridine rings is 1. The van der Waals surface area contributed by atoms with Gasteiger partial charge < -0.3 is 5.73 Å². The van der Waals surface area contributed by atoms with Crippen LogP contribution in [0.3, 0.4) is 0 Å². The van der Waals surface area contributed by atoms with E-state index in [1.165, 1.54) is 22.1 Å². The molecule has 0 radical (unpaired) electrons. The molecular weight excluding hydrogens is 208 g/mol. The van der Waals surface area contributed by atoms with E-state index in [4.69, 9.17) is 10.7 Å². The van der Waals surface area contributed by atoms with Crippen LogP contribution in [0.2, 0.25) is 0 Å². The molecule has 1 heterocycles. The predicted molar refractivity (Wildman–Crippen MR) is 73.4 cm³/mol. The van der Waals surface area contributed by atoms with Gasteiger partial charge in [-0.25, -0.2) is 0 Å². The molecule has 2 heteroatoms. The molecule has 0 saturated heterocycles. The fourth-order valence-electron chi connectivity index (χ4n) is 2.21. The number of nitrogens with zero attached hydrogens (tertiary/aromatic N) is 1. The lowest BCUT2D eigenvalue weighted by molar-refractivity contribution is 0.742. The van der Waals surface area contributed by atoms with Crippen molar-refractivity contribution in [3.63, 3.8) is 0 Å². The molecule has 2 rings (SSSR count). The third-order valence-corrected chi connectivity index (χ3v) is 3.56. The van der Waals surface area contributed by atoms with Gasteiger partial charge in [0.15, 0.2) is 0 Å². The molecule has 0 aliphatic carbocycles. The number of benzene rings is 1. The zero-order valence-corrected chi connectivity index (χ0v) is 11.0. The van der Waals surface area contributed by atoms with Crippen molar-refractivity contribution in [1.29, 1.82) is 0 Å². The molecule has 1 aromatic heterocycles. The zero-order chi connectivity index (χ0) is 12.6. The average Bonchev–Trinajstić information content (AvgIpc) is 2.32. The monoisotopic (exact) mass is 228 g/mol. The summed E-state index contributed by atoms with van der Waals surface area (Å²) in [6.45, 7) is 9.15. The van der Waals surface area contributed by atoms with E-state index in [-0.39, 0.29) is 0 Å². The Kier molecular flexibility index (Phi) is 3.16. The molecule has 90 valence electrons. The van der Waals surface area contributed by atoms with Crippen molar-refractivity contribution in [2.24, 2.45) is 5.73 Å². The highest BCUT2D eigenvalue weighted by molar-refractivity contribution is 5.83. The number of rotatable bonds is 2.